The molecule has 0 unspecified atom stereocenters. The van der Waals surface area contributed by atoms with Crippen LogP contribution in [0.3, 0.4) is 0 Å². The maximum atomic E-state index is 12.3. The largest absolute Gasteiger partial charge is 0.507 e. The van der Waals surface area contributed by atoms with Crippen molar-refractivity contribution in [1.29, 1.82) is 0 Å². The van der Waals surface area contributed by atoms with Gasteiger partial charge in [-0.3, -0.25) is 0 Å². The third-order valence-electron chi connectivity index (χ3n) is 3.24. The van der Waals surface area contributed by atoms with Gasteiger partial charge in [0.15, 0.2) is 0 Å². The summed E-state index contributed by atoms with van der Waals surface area (Å²) in [5.41, 5.74) is 1.81. The number of benzene rings is 2. The maximum absolute atomic E-state index is 12.3. The zero-order valence-electron chi connectivity index (χ0n) is 13.1. The van der Waals surface area contributed by atoms with Crippen molar-refractivity contribution < 1.29 is 18.3 Å². The number of hydrazone groups is 1. The molecule has 23 heavy (non-hydrogen) atoms. The molecular weight excluding hydrogens is 316 g/mol. The molecule has 2 aromatic carbocycles. The summed E-state index contributed by atoms with van der Waals surface area (Å²) in [6.45, 7) is 3.53. The van der Waals surface area contributed by atoms with Gasteiger partial charge in [-0.2, -0.15) is 13.5 Å². The molecule has 0 aliphatic rings. The van der Waals surface area contributed by atoms with E-state index in [0.717, 1.165) is 5.56 Å². The van der Waals surface area contributed by atoms with Crippen molar-refractivity contribution in [2.45, 2.75) is 18.7 Å². The van der Waals surface area contributed by atoms with Gasteiger partial charge in [0.1, 0.15) is 11.5 Å². The van der Waals surface area contributed by atoms with Crippen LogP contribution in [0.1, 0.15) is 16.7 Å². The Morgan fingerprint density at radius 1 is 1.17 bits per heavy atom. The Kier molecular flexibility index (Phi) is 4.90. The molecule has 0 spiro atoms. The zero-order chi connectivity index (χ0) is 17.0. The average Bonchev–Trinajstić information content (AvgIpc) is 2.51. The molecule has 0 saturated carbocycles. The first-order valence-corrected chi connectivity index (χ1v) is 8.31. The molecule has 0 aliphatic heterocycles. The van der Waals surface area contributed by atoms with Gasteiger partial charge in [0, 0.05) is 5.56 Å². The number of rotatable bonds is 5. The fourth-order valence-corrected chi connectivity index (χ4v) is 3.10. The summed E-state index contributed by atoms with van der Waals surface area (Å²) < 4.78 is 29.6. The lowest BCUT2D eigenvalue weighted by Crippen LogP contribution is -2.19. The number of phenols is 1. The smallest absolute Gasteiger partial charge is 0.276 e. The number of nitrogens with one attached hydrogen (secondary N) is 1. The third-order valence-corrected chi connectivity index (χ3v) is 4.61. The molecular formula is C16H18N2O4S. The van der Waals surface area contributed by atoms with Crippen LogP contribution in [0, 0.1) is 13.8 Å². The molecule has 0 radical (unpaired) electrons. The standard InChI is InChI=1S/C16H18N2O4S/c1-11-4-5-12(2)16(8-11)23(20,21)18-17-10-13-9-14(22-3)6-7-15(13)19/h4-10,18-19H,1-3H3/b17-10+. The Hall–Kier alpha value is -2.54. The minimum Gasteiger partial charge on any atom is -0.507 e. The van der Waals surface area contributed by atoms with E-state index in [4.69, 9.17) is 4.74 Å². The Balaban J connectivity index is 2.24. The Bertz CT molecular complexity index is 845. The molecule has 0 aromatic heterocycles. The van der Waals surface area contributed by atoms with Crippen LogP contribution in [0.15, 0.2) is 46.4 Å². The second-order valence-electron chi connectivity index (χ2n) is 5.05. The first kappa shape index (κ1) is 16.8. The van der Waals surface area contributed by atoms with E-state index < -0.39 is 10.0 Å². The number of ether oxygens (including phenoxy) is 1. The molecule has 122 valence electrons. The zero-order valence-corrected chi connectivity index (χ0v) is 13.9. The lowest BCUT2D eigenvalue weighted by Gasteiger charge is -2.08. The molecule has 0 heterocycles. The number of sulfonamides is 1. The minimum absolute atomic E-state index is 0.0273. The molecule has 2 rings (SSSR count). The number of aryl methyl sites for hydroxylation is 2. The highest BCUT2D eigenvalue weighted by Crippen LogP contribution is 2.21. The van der Waals surface area contributed by atoms with Crippen molar-refractivity contribution in [3.63, 3.8) is 0 Å². The highest BCUT2D eigenvalue weighted by atomic mass is 32.2. The molecule has 0 bridgehead atoms. The molecule has 0 amide bonds. The van der Waals surface area contributed by atoms with Gasteiger partial charge in [-0.25, -0.2) is 4.83 Å². The second-order valence-corrected chi connectivity index (χ2v) is 6.68. The Morgan fingerprint density at radius 3 is 2.61 bits per heavy atom. The third kappa shape index (κ3) is 4.01. The first-order chi connectivity index (χ1) is 10.8. The van der Waals surface area contributed by atoms with E-state index in [9.17, 15) is 13.5 Å². The van der Waals surface area contributed by atoms with E-state index in [1.54, 1.807) is 31.2 Å². The lowest BCUT2D eigenvalue weighted by molar-refractivity contribution is 0.412. The summed E-state index contributed by atoms with van der Waals surface area (Å²) in [4.78, 5) is 2.32. The topological polar surface area (TPSA) is 88.0 Å². The fraction of sp³-hybridized carbons (Fsp3) is 0.188. The van der Waals surface area contributed by atoms with Crippen molar-refractivity contribution in [3.8, 4) is 11.5 Å². The van der Waals surface area contributed by atoms with E-state index in [1.165, 1.54) is 19.4 Å². The minimum atomic E-state index is -3.77. The molecule has 7 heteroatoms. The van der Waals surface area contributed by atoms with Crippen molar-refractivity contribution in [1.82, 2.24) is 4.83 Å². The van der Waals surface area contributed by atoms with Crippen molar-refractivity contribution in [2.24, 2.45) is 5.10 Å². The fourth-order valence-electron chi connectivity index (χ4n) is 1.97. The van der Waals surface area contributed by atoms with Gasteiger partial charge in [0.2, 0.25) is 0 Å². The summed E-state index contributed by atoms with van der Waals surface area (Å²) in [5.74, 6) is 0.502. The van der Waals surface area contributed by atoms with Crippen LogP contribution < -0.4 is 9.57 Å². The predicted octanol–water partition coefficient (Wildman–Crippen LogP) is 2.33. The quantitative estimate of drug-likeness (QED) is 0.649. The number of phenolic OH excluding ortho intramolecular Hbond substituents is 1. The van der Waals surface area contributed by atoms with Gasteiger partial charge in [-0.15, -0.1) is 0 Å². The van der Waals surface area contributed by atoms with Crippen LogP contribution in [0.25, 0.3) is 0 Å². The highest BCUT2D eigenvalue weighted by Gasteiger charge is 2.15. The van der Waals surface area contributed by atoms with Crippen LogP contribution in [-0.4, -0.2) is 26.8 Å². The van der Waals surface area contributed by atoms with E-state index in [2.05, 4.69) is 9.93 Å². The average molecular weight is 334 g/mol. The van der Waals surface area contributed by atoms with E-state index in [1.807, 2.05) is 13.0 Å². The van der Waals surface area contributed by atoms with Gasteiger partial charge in [0.25, 0.3) is 10.0 Å². The SMILES string of the molecule is COc1ccc(O)c(/C=N/NS(=O)(=O)c2cc(C)ccc2C)c1. The van der Waals surface area contributed by atoms with E-state index in [0.29, 0.717) is 16.9 Å². The van der Waals surface area contributed by atoms with Crippen LogP contribution in [0.4, 0.5) is 0 Å². The number of nitrogens with zero attached hydrogens (tertiary/aromatic N) is 1. The van der Waals surface area contributed by atoms with E-state index in [-0.39, 0.29) is 10.6 Å². The molecule has 0 atom stereocenters. The number of hydrogen-bond donors (Lipinski definition) is 2. The molecule has 0 saturated heterocycles. The molecule has 2 N–H and O–H groups in total. The summed E-state index contributed by atoms with van der Waals surface area (Å²) in [6, 6.07) is 9.74. The van der Waals surface area contributed by atoms with Crippen LogP contribution >= 0.6 is 0 Å². The van der Waals surface area contributed by atoms with Gasteiger partial charge in [0.05, 0.1) is 18.2 Å². The monoisotopic (exact) mass is 334 g/mol. The summed E-state index contributed by atoms with van der Waals surface area (Å²) in [7, 11) is -2.28. The maximum Gasteiger partial charge on any atom is 0.276 e. The first-order valence-electron chi connectivity index (χ1n) is 6.82. The Labute approximate surface area is 135 Å². The van der Waals surface area contributed by atoms with Gasteiger partial charge < -0.3 is 9.84 Å². The van der Waals surface area contributed by atoms with Gasteiger partial charge >= 0.3 is 0 Å². The van der Waals surface area contributed by atoms with Crippen LogP contribution in [0.2, 0.25) is 0 Å². The molecule has 6 nitrogen and oxygen atoms in total. The van der Waals surface area contributed by atoms with Crippen molar-refractivity contribution in [3.05, 3.63) is 53.1 Å². The predicted molar refractivity (Wildman–Crippen MR) is 88.5 cm³/mol. The summed E-state index contributed by atoms with van der Waals surface area (Å²) >= 11 is 0. The van der Waals surface area contributed by atoms with Crippen molar-refractivity contribution in [2.75, 3.05) is 7.11 Å². The van der Waals surface area contributed by atoms with Crippen molar-refractivity contribution >= 4 is 16.2 Å². The summed E-state index contributed by atoms with van der Waals surface area (Å²) in [5, 5.41) is 13.5. The number of methoxy groups -OCH3 is 1. The molecule has 0 fully saturated rings. The van der Waals surface area contributed by atoms with Crippen LogP contribution in [0.5, 0.6) is 11.5 Å². The Morgan fingerprint density at radius 2 is 1.91 bits per heavy atom. The lowest BCUT2D eigenvalue weighted by atomic mass is 10.2. The van der Waals surface area contributed by atoms with Crippen LogP contribution in [-0.2, 0) is 10.0 Å². The van der Waals surface area contributed by atoms with E-state index >= 15 is 0 Å². The van der Waals surface area contributed by atoms with Gasteiger partial charge in [-0.05, 0) is 49.2 Å². The molecule has 0 aliphatic carbocycles. The number of aromatic hydroxyl groups is 1. The normalized spacial score (nSPS) is 11.6. The second kappa shape index (κ2) is 6.70. The number of hydrogen-bond acceptors (Lipinski definition) is 5. The highest BCUT2D eigenvalue weighted by molar-refractivity contribution is 7.89. The molecule has 2 aromatic rings. The van der Waals surface area contributed by atoms with Gasteiger partial charge in [-0.1, -0.05) is 12.1 Å². The summed E-state index contributed by atoms with van der Waals surface area (Å²) in [6.07, 6.45) is 1.22.